The molecule has 1 aliphatic carbocycles. The van der Waals surface area contributed by atoms with Crippen molar-refractivity contribution in [3.05, 3.63) is 64.7 Å². The van der Waals surface area contributed by atoms with Crippen LogP contribution in [0.2, 0.25) is 0 Å². The lowest BCUT2D eigenvalue weighted by Gasteiger charge is -2.37. The molecule has 0 bridgehead atoms. The van der Waals surface area contributed by atoms with Crippen molar-refractivity contribution in [1.82, 2.24) is 23.7 Å². The van der Waals surface area contributed by atoms with E-state index in [-0.39, 0.29) is 11.2 Å². The molecule has 2 fully saturated rings. The van der Waals surface area contributed by atoms with Crippen LogP contribution in [0.5, 0.6) is 0 Å². The van der Waals surface area contributed by atoms with Gasteiger partial charge in [-0.25, -0.2) is 14.4 Å². The Bertz CT molecular complexity index is 1410. The second-order valence-electron chi connectivity index (χ2n) is 9.70. The smallest absolute Gasteiger partial charge is 0.258 e. The molecule has 1 saturated carbocycles. The summed E-state index contributed by atoms with van der Waals surface area (Å²) in [5.74, 6) is 0.514. The van der Waals surface area contributed by atoms with E-state index in [2.05, 4.69) is 19.8 Å². The predicted octanol–water partition coefficient (Wildman–Crippen LogP) is 3.77. The summed E-state index contributed by atoms with van der Waals surface area (Å²) in [7, 11) is 0. The zero-order valence-electron chi connectivity index (χ0n) is 19.5. The van der Waals surface area contributed by atoms with E-state index in [9.17, 15) is 9.18 Å². The number of anilines is 1. The Labute approximate surface area is 197 Å². The van der Waals surface area contributed by atoms with E-state index in [1.165, 1.54) is 44.4 Å². The fraction of sp³-hybridized carbons (Fsp3) is 0.423. The van der Waals surface area contributed by atoms with Gasteiger partial charge >= 0.3 is 0 Å². The molecule has 7 nitrogen and oxygen atoms in total. The first-order chi connectivity index (χ1) is 16.5. The van der Waals surface area contributed by atoms with Gasteiger partial charge in [0.2, 0.25) is 0 Å². The molecule has 0 spiro atoms. The Morgan fingerprint density at radius 2 is 1.85 bits per heavy atom. The predicted molar refractivity (Wildman–Crippen MR) is 131 cm³/mol. The van der Waals surface area contributed by atoms with E-state index in [1.807, 2.05) is 25.3 Å². The van der Waals surface area contributed by atoms with Crippen LogP contribution in [0, 0.1) is 18.7 Å². The third-order valence-corrected chi connectivity index (χ3v) is 7.38. The number of aryl methyl sites for hydroxylation is 1. The molecule has 4 aromatic heterocycles. The molecule has 8 heteroatoms. The van der Waals surface area contributed by atoms with Gasteiger partial charge in [-0.15, -0.1) is 0 Å². The summed E-state index contributed by atoms with van der Waals surface area (Å²) in [6.45, 7) is 7.05. The maximum atomic E-state index is 14.6. The molecule has 2 aliphatic rings. The van der Waals surface area contributed by atoms with Crippen molar-refractivity contribution in [3.63, 3.8) is 0 Å². The third kappa shape index (κ3) is 3.96. The van der Waals surface area contributed by atoms with Crippen LogP contribution in [0.4, 0.5) is 10.1 Å². The Balaban J connectivity index is 1.22. The summed E-state index contributed by atoms with van der Waals surface area (Å²) in [6.07, 6.45) is 11.0. The summed E-state index contributed by atoms with van der Waals surface area (Å²) >= 11 is 0. The first-order valence-electron chi connectivity index (χ1n) is 12.2. The zero-order chi connectivity index (χ0) is 23.2. The number of rotatable bonds is 5. The minimum atomic E-state index is -0.435. The highest BCUT2D eigenvalue weighted by Gasteiger charge is 2.21. The number of hydrogen-bond acceptors (Lipinski definition) is 5. The number of nitrogens with zero attached hydrogens (tertiary/aromatic N) is 6. The number of pyridine rings is 2. The molecule has 0 aromatic carbocycles. The molecule has 34 heavy (non-hydrogen) atoms. The van der Waals surface area contributed by atoms with Crippen LogP contribution in [0.25, 0.3) is 22.6 Å². The average molecular weight is 461 g/mol. The van der Waals surface area contributed by atoms with Crippen molar-refractivity contribution in [2.24, 2.45) is 5.92 Å². The zero-order valence-corrected chi connectivity index (χ0v) is 19.5. The Kier molecular flexibility index (Phi) is 5.32. The van der Waals surface area contributed by atoms with Gasteiger partial charge in [-0.2, -0.15) is 0 Å². The lowest BCUT2D eigenvalue weighted by atomic mass is 9.83. The number of piperazine rings is 1. The molecule has 5 heterocycles. The SMILES string of the molecule is Cc1cn2cc(-c3cc(=O)n4cc(N5CCN(CCC6CCC6)CC5)ccc4n3)cc(F)c2n1. The minimum Gasteiger partial charge on any atom is -0.368 e. The fourth-order valence-corrected chi connectivity index (χ4v) is 5.12. The molecular formula is C26H29FN6O. The Morgan fingerprint density at radius 1 is 1.03 bits per heavy atom. The molecule has 0 N–H and O–H groups in total. The van der Waals surface area contributed by atoms with E-state index in [1.54, 1.807) is 21.2 Å². The van der Waals surface area contributed by atoms with E-state index >= 15 is 0 Å². The quantitative estimate of drug-likeness (QED) is 0.454. The molecule has 0 atom stereocenters. The lowest BCUT2D eigenvalue weighted by molar-refractivity contribution is 0.205. The topological polar surface area (TPSA) is 58.2 Å². The van der Waals surface area contributed by atoms with Crippen LogP contribution in [0.15, 0.2) is 47.7 Å². The van der Waals surface area contributed by atoms with Crippen LogP contribution < -0.4 is 10.5 Å². The molecule has 0 radical (unpaired) electrons. The number of halogens is 1. The molecule has 1 saturated heterocycles. The molecule has 0 unspecified atom stereocenters. The van der Waals surface area contributed by atoms with Crippen LogP contribution in [-0.4, -0.2) is 56.4 Å². The van der Waals surface area contributed by atoms with E-state index < -0.39 is 5.82 Å². The Morgan fingerprint density at radius 3 is 2.62 bits per heavy atom. The van der Waals surface area contributed by atoms with Crippen molar-refractivity contribution in [1.29, 1.82) is 0 Å². The highest BCUT2D eigenvalue weighted by atomic mass is 19.1. The summed E-state index contributed by atoms with van der Waals surface area (Å²) in [5.41, 5.74) is 3.40. The van der Waals surface area contributed by atoms with Crippen molar-refractivity contribution in [2.75, 3.05) is 37.6 Å². The van der Waals surface area contributed by atoms with Crippen LogP contribution in [0.1, 0.15) is 31.4 Å². The first-order valence-corrected chi connectivity index (χ1v) is 12.2. The summed E-state index contributed by atoms with van der Waals surface area (Å²) in [5, 5.41) is 0. The van der Waals surface area contributed by atoms with Crippen molar-refractivity contribution in [2.45, 2.75) is 32.6 Å². The van der Waals surface area contributed by atoms with Gasteiger partial charge in [-0.1, -0.05) is 19.3 Å². The van der Waals surface area contributed by atoms with Crippen LogP contribution in [0.3, 0.4) is 0 Å². The second-order valence-corrected chi connectivity index (χ2v) is 9.70. The molecule has 1 aliphatic heterocycles. The maximum absolute atomic E-state index is 14.6. The van der Waals surface area contributed by atoms with Crippen LogP contribution >= 0.6 is 0 Å². The van der Waals surface area contributed by atoms with Crippen molar-refractivity contribution >= 4 is 17.0 Å². The fourth-order valence-electron chi connectivity index (χ4n) is 5.12. The molecule has 4 aromatic rings. The third-order valence-electron chi connectivity index (χ3n) is 7.38. The molecule has 176 valence electrons. The Hall–Kier alpha value is -3.26. The van der Waals surface area contributed by atoms with Crippen LogP contribution in [-0.2, 0) is 0 Å². The highest BCUT2D eigenvalue weighted by molar-refractivity contribution is 5.64. The summed E-state index contributed by atoms with van der Waals surface area (Å²) in [4.78, 5) is 26.7. The van der Waals surface area contributed by atoms with Crippen molar-refractivity contribution in [3.8, 4) is 11.3 Å². The van der Waals surface area contributed by atoms with Gasteiger partial charge in [0, 0.05) is 56.4 Å². The highest BCUT2D eigenvalue weighted by Crippen LogP contribution is 2.29. The van der Waals surface area contributed by atoms with Gasteiger partial charge in [-0.3, -0.25) is 14.1 Å². The molecular weight excluding hydrogens is 431 g/mol. The molecule has 6 rings (SSSR count). The first kappa shape index (κ1) is 21.3. The van der Waals surface area contributed by atoms with E-state index in [4.69, 9.17) is 0 Å². The summed E-state index contributed by atoms with van der Waals surface area (Å²) in [6, 6.07) is 6.76. The standard InChI is InChI=1S/C26H29FN6O/c1-18-15-32-16-20(13-22(27)26(32)28-18)23-14-25(34)33-17-21(5-6-24(33)29-23)31-11-9-30(10-12-31)8-7-19-3-2-4-19/h5-6,13-17,19H,2-4,7-12H2,1H3. The molecule has 0 amide bonds. The van der Waals surface area contributed by atoms with E-state index in [0.717, 1.165) is 43.5 Å². The maximum Gasteiger partial charge on any atom is 0.258 e. The second kappa shape index (κ2) is 8.51. The van der Waals surface area contributed by atoms with E-state index in [0.29, 0.717) is 16.9 Å². The van der Waals surface area contributed by atoms with Gasteiger partial charge in [0.25, 0.3) is 5.56 Å². The summed E-state index contributed by atoms with van der Waals surface area (Å²) < 4.78 is 17.8. The normalized spacial score (nSPS) is 17.5. The van der Waals surface area contributed by atoms with Gasteiger partial charge in [0.15, 0.2) is 11.5 Å². The number of aromatic nitrogens is 4. The number of imidazole rings is 1. The average Bonchev–Trinajstić information content (AvgIpc) is 3.19. The number of fused-ring (bicyclic) bond motifs is 2. The van der Waals surface area contributed by atoms with Gasteiger partial charge in [0.1, 0.15) is 5.65 Å². The number of hydrogen-bond donors (Lipinski definition) is 0. The van der Waals surface area contributed by atoms with Gasteiger partial charge in [0.05, 0.1) is 17.1 Å². The van der Waals surface area contributed by atoms with Gasteiger partial charge in [-0.05, 0) is 44.0 Å². The van der Waals surface area contributed by atoms with Gasteiger partial charge < -0.3 is 9.30 Å². The minimum absolute atomic E-state index is 0.177. The van der Waals surface area contributed by atoms with Crippen molar-refractivity contribution < 1.29 is 4.39 Å². The monoisotopic (exact) mass is 460 g/mol. The lowest BCUT2D eigenvalue weighted by Crippen LogP contribution is -2.47. The largest absolute Gasteiger partial charge is 0.368 e.